The lowest BCUT2D eigenvalue weighted by atomic mass is 10.1. The number of carbonyl (C=O) groups excluding carboxylic acids is 2. The van der Waals surface area contributed by atoms with Gasteiger partial charge in [0.25, 0.3) is 5.91 Å². The second-order valence-corrected chi connectivity index (χ2v) is 7.07. The Labute approximate surface area is 166 Å². The first kappa shape index (κ1) is 21.0. The highest BCUT2D eigenvalue weighted by Crippen LogP contribution is 2.24. The van der Waals surface area contributed by atoms with Crippen molar-refractivity contribution in [2.24, 2.45) is 0 Å². The van der Waals surface area contributed by atoms with Crippen molar-refractivity contribution < 1.29 is 23.5 Å². The fourth-order valence-electron chi connectivity index (χ4n) is 2.02. The molecule has 2 rings (SSSR count). The van der Waals surface area contributed by atoms with Gasteiger partial charge in [-0.2, -0.15) is 0 Å². The van der Waals surface area contributed by atoms with Crippen molar-refractivity contribution >= 4 is 40.8 Å². The highest BCUT2D eigenvalue weighted by molar-refractivity contribution is 6.33. The zero-order chi connectivity index (χ0) is 20.2. The molecule has 0 aliphatic carbocycles. The largest absolute Gasteiger partial charge is 0.476 e. The lowest BCUT2D eigenvalue weighted by Crippen LogP contribution is -2.43. The zero-order valence-corrected chi connectivity index (χ0v) is 16.4. The Morgan fingerprint density at radius 1 is 1.11 bits per heavy atom. The smallest absolute Gasteiger partial charge is 0.350 e. The summed E-state index contributed by atoms with van der Waals surface area (Å²) in [5, 5.41) is 3.05. The van der Waals surface area contributed by atoms with E-state index in [0.29, 0.717) is 10.8 Å². The van der Waals surface area contributed by atoms with Gasteiger partial charge < -0.3 is 14.8 Å². The minimum absolute atomic E-state index is 0.0354. The van der Waals surface area contributed by atoms with Crippen LogP contribution in [0.1, 0.15) is 20.8 Å². The van der Waals surface area contributed by atoms with Crippen LogP contribution in [0.2, 0.25) is 10.0 Å². The number of hydrogen-bond acceptors (Lipinski definition) is 4. The van der Waals surface area contributed by atoms with Crippen molar-refractivity contribution in [2.75, 3.05) is 5.32 Å². The van der Waals surface area contributed by atoms with Gasteiger partial charge in [-0.25, -0.2) is 9.18 Å². The number of ether oxygens (including phenoxy) is 2. The Balaban J connectivity index is 1.98. The predicted octanol–water partition coefficient (Wildman–Crippen LogP) is 4.86. The van der Waals surface area contributed by atoms with Gasteiger partial charge in [-0.15, -0.1) is 0 Å². The number of carbonyl (C=O) groups is 2. The summed E-state index contributed by atoms with van der Waals surface area (Å²) in [4.78, 5) is 24.6. The molecule has 0 heterocycles. The van der Waals surface area contributed by atoms with Crippen LogP contribution >= 0.6 is 23.2 Å². The number of esters is 1. The van der Waals surface area contributed by atoms with Gasteiger partial charge in [0.1, 0.15) is 11.6 Å². The van der Waals surface area contributed by atoms with E-state index in [4.69, 9.17) is 32.7 Å². The molecule has 0 bridgehead atoms. The van der Waals surface area contributed by atoms with Crippen LogP contribution < -0.4 is 10.1 Å². The van der Waals surface area contributed by atoms with Crippen molar-refractivity contribution in [3.8, 4) is 5.75 Å². The lowest BCUT2D eigenvalue weighted by molar-refractivity contribution is -0.166. The molecular weight excluding hydrogens is 396 g/mol. The summed E-state index contributed by atoms with van der Waals surface area (Å²) in [5.41, 5.74) is -1.13. The molecule has 0 saturated heterocycles. The second kappa shape index (κ2) is 8.59. The predicted molar refractivity (Wildman–Crippen MR) is 102 cm³/mol. The second-order valence-electron chi connectivity index (χ2n) is 6.23. The summed E-state index contributed by atoms with van der Waals surface area (Å²) >= 11 is 11.7. The first-order valence-corrected chi connectivity index (χ1v) is 8.75. The van der Waals surface area contributed by atoms with E-state index >= 15 is 0 Å². The van der Waals surface area contributed by atoms with Crippen LogP contribution in [0.4, 0.5) is 10.1 Å². The Bertz CT molecular complexity index is 840. The molecule has 0 fully saturated rings. The summed E-state index contributed by atoms with van der Waals surface area (Å²) in [6, 6.07) is 10.0. The molecule has 0 saturated carbocycles. The molecule has 0 aliphatic rings. The quantitative estimate of drug-likeness (QED) is 0.686. The van der Waals surface area contributed by atoms with Gasteiger partial charge in [0.15, 0.2) is 11.7 Å². The third-order valence-corrected chi connectivity index (χ3v) is 4.08. The molecule has 0 radical (unpaired) electrons. The van der Waals surface area contributed by atoms with Crippen LogP contribution in [0.5, 0.6) is 5.75 Å². The maximum Gasteiger partial charge on any atom is 0.350 e. The molecule has 27 heavy (non-hydrogen) atoms. The fourth-order valence-corrected chi connectivity index (χ4v) is 2.36. The van der Waals surface area contributed by atoms with E-state index in [1.54, 1.807) is 24.3 Å². The highest BCUT2D eigenvalue weighted by atomic mass is 35.5. The van der Waals surface area contributed by atoms with E-state index in [2.05, 4.69) is 5.32 Å². The molecule has 2 aromatic rings. The van der Waals surface area contributed by atoms with Gasteiger partial charge >= 0.3 is 5.97 Å². The van der Waals surface area contributed by atoms with E-state index in [0.717, 1.165) is 12.1 Å². The van der Waals surface area contributed by atoms with Crippen LogP contribution in [0.15, 0.2) is 42.5 Å². The van der Waals surface area contributed by atoms with Gasteiger partial charge in [-0.05, 0) is 63.2 Å². The number of hydrogen-bond donors (Lipinski definition) is 1. The van der Waals surface area contributed by atoms with Crippen molar-refractivity contribution in [1.82, 2.24) is 0 Å². The number of rotatable bonds is 6. The molecule has 144 valence electrons. The summed E-state index contributed by atoms with van der Waals surface area (Å²) < 4.78 is 23.9. The van der Waals surface area contributed by atoms with E-state index < -0.39 is 29.4 Å². The average molecular weight is 414 g/mol. The maximum atomic E-state index is 13.1. The number of nitrogens with one attached hydrogen (secondary N) is 1. The molecular formula is C19H18Cl2FNO4. The van der Waals surface area contributed by atoms with E-state index in [-0.39, 0.29) is 10.7 Å². The Kier molecular flexibility index (Phi) is 6.68. The SMILES string of the molecule is C[C@H](OC(=O)C(C)(C)Oc1ccc(Cl)cc1)C(=O)Nc1ccc(F)cc1Cl. The summed E-state index contributed by atoms with van der Waals surface area (Å²) in [6.07, 6.45) is -1.12. The Morgan fingerprint density at radius 2 is 1.74 bits per heavy atom. The monoisotopic (exact) mass is 413 g/mol. The maximum absolute atomic E-state index is 13.1. The number of benzene rings is 2. The van der Waals surface area contributed by atoms with Crippen LogP contribution in [-0.4, -0.2) is 23.6 Å². The fraction of sp³-hybridized carbons (Fsp3) is 0.263. The Hall–Kier alpha value is -2.31. The summed E-state index contributed by atoms with van der Waals surface area (Å²) in [6.45, 7) is 4.44. The molecule has 2 aromatic carbocycles. The zero-order valence-electron chi connectivity index (χ0n) is 14.9. The topological polar surface area (TPSA) is 64.6 Å². The summed E-state index contributed by atoms with van der Waals surface area (Å²) in [5.74, 6) is -1.44. The first-order chi connectivity index (χ1) is 12.6. The van der Waals surface area contributed by atoms with Crippen molar-refractivity contribution in [3.63, 3.8) is 0 Å². The van der Waals surface area contributed by atoms with E-state index in [1.165, 1.54) is 26.8 Å². The molecule has 1 N–H and O–H groups in total. The average Bonchev–Trinajstić information content (AvgIpc) is 2.59. The van der Waals surface area contributed by atoms with Gasteiger partial charge in [0, 0.05) is 5.02 Å². The minimum atomic E-state index is -1.34. The molecule has 8 heteroatoms. The van der Waals surface area contributed by atoms with Crippen LogP contribution in [-0.2, 0) is 14.3 Å². The minimum Gasteiger partial charge on any atom is -0.476 e. The first-order valence-electron chi connectivity index (χ1n) is 8.00. The van der Waals surface area contributed by atoms with Gasteiger partial charge in [-0.1, -0.05) is 23.2 Å². The number of anilines is 1. The highest BCUT2D eigenvalue weighted by Gasteiger charge is 2.34. The molecule has 1 amide bonds. The van der Waals surface area contributed by atoms with Crippen molar-refractivity contribution in [1.29, 1.82) is 0 Å². The lowest BCUT2D eigenvalue weighted by Gasteiger charge is -2.26. The molecule has 1 atom stereocenters. The third kappa shape index (κ3) is 5.84. The Morgan fingerprint density at radius 3 is 2.33 bits per heavy atom. The van der Waals surface area contributed by atoms with Crippen molar-refractivity contribution in [2.45, 2.75) is 32.5 Å². The molecule has 0 unspecified atom stereocenters. The van der Waals surface area contributed by atoms with Crippen LogP contribution in [0.3, 0.4) is 0 Å². The van der Waals surface area contributed by atoms with Gasteiger partial charge in [0.05, 0.1) is 10.7 Å². The number of amides is 1. The van der Waals surface area contributed by atoms with Gasteiger partial charge in [-0.3, -0.25) is 4.79 Å². The van der Waals surface area contributed by atoms with Crippen LogP contribution in [0.25, 0.3) is 0 Å². The summed E-state index contributed by atoms with van der Waals surface area (Å²) in [7, 11) is 0. The molecule has 0 spiro atoms. The van der Waals surface area contributed by atoms with E-state index in [9.17, 15) is 14.0 Å². The standard InChI is InChI=1S/C19H18Cl2FNO4/c1-11(17(24)23-16-9-6-13(22)10-15(16)21)26-18(25)19(2,3)27-14-7-4-12(20)5-8-14/h4-11H,1-3H3,(H,23,24)/t11-/m0/s1. The third-order valence-electron chi connectivity index (χ3n) is 3.52. The van der Waals surface area contributed by atoms with Gasteiger partial charge in [0.2, 0.25) is 0 Å². The number of halogens is 3. The molecule has 0 aliphatic heterocycles. The molecule has 0 aromatic heterocycles. The normalized spacial score (nSPS) is 12.2. The van der Waals surface area contributed by atoms with Crippen molar-refractivity contribution in [3.05, 3.63) is 58.3 Å². The molecule has 5 nitrogen and oxygen atoms in total. The van der Waals surface area contributed by atoms with Crippen LogP contribution in [0, 0.1) is 5.82 Å². The van der Waals surface area contributed by atoms with E-state index in [1.807, 2.05) is 0 Å².